The molecule has 0 amide bonds. The summed E-state index contributed by atoms with van der Waals surface area (Å²) in [6.07, 6.45) is -1.94. The van der Waals surface area contributed by atoms with E-state index in [0.717, 1.165) is 6.20 Å². The zero-order valence-electron chi connectivity index (χ0n) is 8.99. The molecule has 4 atom stereocenters. The van der Waals surface area contributed by atoms with Crippen LogP contribution in [0.1, 0.15) is 6.42 Å². The Kier molecular flexibility index (Phi) is 3.15. The third-order valence-corrected chi connectivity index (χ3v) is 2.91. The van der Waals surface area contributed by atoms with Gasteiger partial charge in [-0.15, -0.1) is 0 Å². The summed E-state index contributed by atoms with van der Waals surface area (Å²) in [7, 11) is 0. The lowest BCUT2D eigenvalue weighted by molar-refractivity contribution is -0.880. The Bertz CT molecular complexity index is 375. The third kappa shape index (κ3) is 2.17. The quantitative estimate of drug-likeness (QED) is 0.424. The van der Waals surface area contributed by atoms with Gasteiger partial charge in [0.15, 0.2) is 12.5 Å². The fraction of sp³-hybridized carbons (Fsp3) is 0.667. The predicted molar refractivity (Wildman–Crippen MR) is 55.7 cm³/mol. The molecule has 0 aromatic rings. The minimum absolute atomic E-state index is 0.0218. The van der Waals surface area contributed by atoms with Crippen molar-refractivity contribution >= 4 is 5.84 Å². The maximum Gasteiger partial charge on any atom is 0.218 e. The van der Waals surface area contributed by atoms with Gasteiger partial charge in [-0.3, -0.25) is 4.65 Å². The number of amidine groups is 1. The number of quaternary nitrogens is 1. The van der Waals surface area contributed by atoms with Crippen LogP contribution in [0.3, 0.4) is 0 Å². The summed E-state index contributed by atoms with van der Waals surface area (Å²) < 4.78 is 17.2. The Morgan fingerprint density at radius 3 is 2.94 bits per heavy atom. The molecule has 96 valence electrons. The highest BCUT2D eigenvalue weighted by Gasteiger charge is 2.43. The number of rotatable bonds is 2. The van der Waals surface area contributed by atoms with E-state index in [4.69, 9.17) is 15.6 Å². The molecule has 3 unspecified atom stereocenters. The lowest BCUT2D eigenvalue weighted by Crippen LogP contribution is -2.49. The molecule has 17 heavy (non-hydrogen) atoms. The Morgan fingerprint density at radius 2 is 2.41 bits per heavy atom. The van der Waals surface area contributed by atoms with Crippen molar-refractivity contribution in [3.8, 4) is 0 Å². The second-order valence-corrected chi connectivity index (χ2v) is 4.13. The summed E-state index contributed by atoms with van der Waals surface area (Å²) in [5.74, 6) is -1.20. The molecule has 4 N–H and O–H groups in total. The van der Waals surface area contributed by atoms with Crippen LogP contribution in [0.4, 0.5) is 4.39 Å². The van der Waals surface area contributed by atoms with Gasteiger partial charge in [0.05, 0.1) is 19.1 Å². The number of hydrogen-bond donors (Lipinski definition) is 3. The highest BCUT2D eigenvalue weighted by molar-refractivity contribution is 5.94. The predicted octanol–water partition coefficient (Wildman–Crippen LogP) is -1.09. The first-order valence-electron chi connectivity index (χ1n) is 5.18. The molecular weight excluding hydrogens is 233 g/mol. The normalized spacial score (nSPS) is 42.2. The summed E-state index contributed by atoms with van der Waals surface area (Å²) in [6.45, 7) is -0.690. The van der Waals surface area contributed by atoms with Crippen LogP contribution in [-0.4, -0.2) is 52.4 Å². The van der Waals surface area contributed by atoms with Crippen molar-refractivity contribution in [1.82, 2.24) is 0 Å². The van der Waals surface area contributed by atoms with Crippen LogP contribution < -0.4 is 5.73 Å². The van der Waals surface area contributed by atoms with Crippen molar-refractivity contribution in [3.63, 3.8) is 0 Å². The summed E-state index contributed by atoms with van der Waals surface area (Å²) >= 11 is 0. The molecular formula is C9H14FN3O4. The monoisotopic (exact) mass is 247 g/mol. The molecule has 7 nitrogen and oxygen atoms in total. The van der Waals surface area contributed by atoms with Gasteiger partial charge in [0.25, 0.3) is 0 Å². The van der Waals surface area contributed by atoms with Crippen LogP contribution >= 0.6 is 0 Å². The van der Waals surface area contributed by atoms with Gasteiger partial charge < -0.3 is 25.9 Å². The van der Waals surface area contributed by atoms with Gasteiger partial charge in [0, 0.05) is 0 Å². The van der Waals surface area contributed by atoms with Crippen LogP contribution in [-0.2, 0) is 4.74 Å². The SMILES string of the molecule is NC1=NC[N+]([O-])([C@@H]2CC(O)C(CO)O2)C=C1F. The first-order valence-corrected chi connectivity index (χ1v) is 5.18. The lowest BCUT2D eigenvalue weighted by Gasteiger charge is -2.42. The van der Waals surface area contributed by atoms with E-state index in [1.165, 1.54) is 0 Å². The van der Waals surface area contributed by atoms with Crippen LogP contribution in [0.2, 0.25) is 0 Å². The summed E-state index contributed by atoms with van der Waals surface area (Å²) in [4.78, 5) is 3.57. The zero-order chi connectivity index (χ0) is 12.6. The van der Waals surface area contributed by atoms with Gasteiger partial charge in [0.1, 0.15) is 12.3 Å². The molecule has 1 fully saturated rings. The fourth-order valence-corrected chi connectivity index (χ4v) is 1.89. The fourth-order valence-electron chi connectivity index (χ4n) is 1.89. The largest absolute Gasteiger partial charge is 0.624 e. The highest BCUT2D eigenvalue weighted by atomic mass is 19.1. The lowest BCUT2D eigenvalue weighted by atomic mass is 10.2. The molecule has 0 aromatic carbocycles. The second-order valence-electron chi connectivity index (χ2n) is 4.13. The van der Waals surface area contributed by atoms with E-state index in [0.29, 0.717) is 0 Å². The average molecular weight is 247 g/mol. The Labute approximate surface area is 96.8 Å². The Balaban J connectivity index is 2.14. The summed E-state index contributed by atoms with van der Waals surface area (Å²) in [5, 5.41) is 30.6. The number of hydrogen-bond acceptors (Lipinski definition) is 6. The molecule has 0 spiro atoms. The van der Waals surface area contributed by atoms with E-state index in [-0.39, 0.29) is 18.9 Å². The van der Waals surface area contributed by atoms with Gasteiger partial charge in [-0.05, 0) is 0 Å². The number of hydroxylamine groups is 3. The van der Waals surface area contributed by atoms with Crippen molar-refractivity contribution in [1.29, 1.82) is 0 Å². The second kappa shape index (κ2) is 4.31. The average Bonchev–Trinajstić information content (AvgIpc) is 2.66. The molecule has 0 aliphatic carbocycles. The number of halogens is 1. The number of aliphatic imine (C=N–C) groups is 1. The summed E-state index contributed by atoms with van der Waals surface area (Å²) in [5.41, 5.74) is 5.21. The topological polar surface area (TPSA) is 111 Å². The van der Waals surface area contributed by atoms with Crippen molar-refractivity contribution in [2.24, 2.45) is 10.7 Å². The smallest absolute Gasteiger partial charge is 0.218 e. The van der Waals surface area contributed by atoms with Gasteiger partial charge in [-0.25, -0.2) is 4.99 Å². The standard InChI is InChI=1S/C9H14FN3O4/c10-5-2-13(16,4-12-9(5)11)8-1-6(15)7(3-14)17-8/h2,6-8,14-15H,1,3-4H2,(H2,11,12)/t6?,7?,8-,13?/m0/s1. The molecule has 0 radical (unpaired) electrons. The first kappa shape index (κ1) is 12.4. The minimum Gasteiger partial charge on any atom is -0.624 e. The van der Waals surface area contributed by atoms with Crippen LogP contribution in [0.15, 0.2) is 17.0 Å². The van der Waals surface area contributed by atoms with Crippen LogP contribution in [0.5, 0.6) is 0 Å². The van der Waals surface area contributed by atoms with Crippen LogP contribution in [0.25, 0.3) is 0 Å². The number of aliphatic hydroxyl groups excluding tert-OH is 2. The van der Waals surface area contributed by atoms with E-state index < -0.39 is 35.5 Å². The number of nitrogens with zero attached hydrogens (tertiary/aromatic N) is 2. The van der Waals surface area contributed by atoms with Crippen molar-refractivity contribution in [2.45, 2.75) is 24.9 Å². The molecule has 0 aromatic heterocycles. The molecule has 1 saturated heterocycles. The minimum atomic E-state index is -1.17. The van der Waals surface area contributed by atoms with E-state index in [1.807, 2.05) is 0 Å². The maximum atomic E-state index is 13.2. The van der Waals surface area contributed by atoms with Gasteiger partial charge in [-0.2, -0.15) is 4.39 Å². The third-order valence-electron chi connectivity index (χ3n) is 2.91. The maximum absolute atomic E-state index is 13.2. The van der Waals surface area contributed by atoms with E-state index >= 15 is 0 Å². The van der Waals surface area contributed by atoms with Crippen molar-refractivity contribution in [2.75, 3.05) is 13.3 Å². The molecule has 2 heterocycles. The van der Waals surface area contributed by atoms with Gasteiger partial charge >= 0.3 is 0 Å². The summed E-state index contributed by atoms with van der Waals surface area (Å²) in [6, 6.07) is 0. The molecule has 2 rings (SSSR count). The van der Waals surface area contributed by atoms with Crippen molar-refractivity contribution in [3.05, 3.63) is 17.2 Å². The van der Waals surface area contributed by atoms with E-state index in [2.05, 4.69) is 4.99 Å². The highest BCUT2D eigenvalue weighted by Crippen LogP contribution is 2.30. The van der Waals surface area contributed by atoms with Gasteiger partial charge in [0.2, 0.25) is 12.1 Å². The first-order chi connectivity index (χ1) is 7.96. The van der Waals surface area contributed by atoms with Crippen molar-refractivity contribution < 1.29 is 24.0 Å². The van der Waals surface area contributed by atoms with Crippen LogP contribution in [0, 0.1) is 5.21 Å². The Hall–Kier alpha value is -1.06. The Morgan fingerprint density at radius 1 is 1.71 bits per heavy atom. The van der Waals surface area contributed by atoms with E-state index in [9.17, 15) is 14.7 Å². The van der Waals surface area contributed by atoms with E-state index in [1.54, 1.807) is 0 Å². The molecule has 0 bridgehead atoms. The molecule has 0 saturated carbocycles. The number of ether oxygens (including phenoxy) is 1. The van der Waals surface area contributed by atoms with Gasteiger partial charge in [-0.1, -0.05) is 0 Å². The number of nitrogens with two attached hydrogens (primary N) is 1. The molecule has 2 aliphatic rings. The zero-order valence-corrected chi connectivity index (χ0v) is 8.99. The number of aliphatic hydroxyl groups is 2. The molecule has 8 heteroatoms. The molecule has 2 aliphatic heterocycles.